The van der Waals surface area contributed by atoms with Crippen LogP contribution in [0.4, 0.5) is 0 Å². The van der Waals surface area contributed by atoms with Crippen molar-refractivity contribution in [1.29, 1.82) is 0 Å². The number of hydrogen-bond acceptors (Lipinski definition) is 1. The smallest absolute Gasteiger partial charge is 0.219 e. The van der Waals surface area contributed by atoms with Crippen LogP contribution in [-0.2, 0) is 4.79 Å². The quantitative estimate of drug-likeness (QED) is 0.644. The van der Waals surface area contributed by atoms with E-state index in [4.69, 9.17) is 0 Å². The monoisotopic (exact) mass is 335 g/mol. The van der Waals surface area contributed by atoms with Crippen LogP contribution in [0.1, 0.15) is 59.8 Å². The number of amides is 1. The van der Waals surface area contributed by atoms with Crippen LogP contribution >= 0.6 is 0 Å². The fraction of sp³-hybridized carbons (Fsp3) is 0.762. The maximum absolute atomic E-state index is 12.0. The predicted molar refractivity (Wildman–Crippen MR) is 103 cm³/mol. The van der Waals surface area contributed by atoms with E-state index in [1.165, 1.54) is 23.3 Å². The number of carbonyl (C=O) groups is 1. The molecule has 0 aromatic heterocycles. The van der Waals surface area contributed by atoms with E-state index in [1.807, 2.05) is 0 Å². The Labute approximate surface area is 149 Å². The highest BCUT2D eigenvalue weighted by Gasteiger charge is 2.25. The summed E-state index contributed by atoms with van der Waals surface area (Å²) in [5, 5.41) is 0. The molecule has 3 nitrogen and oxygen atoms in total. The molecule has 0 spiro atoms. The number of carbonyl (C=O) groups excluding carboxylic acids is 1. The molecule has 3 heteroatoms. The largest absolute Gasteiger partial charge is 0.342 e. The Morgan fingerprint density at radius 2 is 2.04 bits per heavy atom. The normalized spacial score (nSPS) is 20.7. The van der Waals surface area contributed by atoms with Gasteiger partial charge in [0.2, 0.25) is 5.91 Å². The van der Waals surface area contributed by atoms with Crippen molar-refractivity contribution < 1.29 is 9.69 Å². The zero-order valence-electron chi connectivity index (χ0n) is 16.8. The second kappa shape index (κ2) is 10.7. The molecule has 0 aliphatic heterocycles. The number of nitrogens with one attached hydrogen (secondary N) is 1. The predicted octanol–water partition coefficient (Wildman–Crippen LogP) is 3.09. The van der Waals surface area contributed by atoms with Gasteiger partial charge in [-0.15, -0.1) is 0 Å². The van der Waals surface area contributed by atoms with Crippen molar-refractivity contribution in [3.05, 3.63) is 23.3 Å². The molecule has 0 aromatic carbocycles. The molecule has 0 bridgehead atoms. The zero-order valence-corrected chi connectivity index (χ0v) is 16.8. The van der Waals surface area contributed by atoms with Crippen LogP contribution in [0.3, 0.4) is 0 Å². The van der Waals surface area contributed by atoms with Crippen molar-refractivity contribution >= 4 is 5.91 Å². The SMILES string of the molecule is CC(=O)N(CCC[NH+](C)C)C[C@H]1CC=C(CCC=C(C)C)C[C@H]1C. The lowest BCUT2D eigenvalue weighted by molar-refractivity contribution is -0.858. The first-order valence-electron chi connectivity index (χ1n) is 9.65. The Bertz CT molecular complexity index is 447. The minimum absolute atomic E-state index is 0.231. The average Bonchev–Trinajstić information content (AvgIpc) is 2.47. The Morgan fingerprint density at radius 1 is 1.33 bits per heavy atom. The van der Waals surface area contributed by atoms with Gasteiger partial charge in [0, 0.05) is 26.4 Å². The molecule has 1 amide bonds. The third-order valence-electron chi connectivity index (χ3n) is 5.12. The van der Waals surface area contributed by atoms with Crippen molar-refractivity contribution in [2.75, 3.05) is 33.7 Å². The van der Waals surface area contributed by atoms with Gasteiger partial charge in [0.1, 0.15) is 0 Å². The van der Waals surface area contributed by atoms with Crippen LogP contribution < -0.4 is 4.90 Å². The maximum Gasteiger partial charge on any atom is 0.219 e. The standard InChI is InChI=1S/C21H38N2O/c1-17(2)9-7-10-20-11-12-21(18(3)15-20)16-23(19(4)24)14-8-13-22(5)6/h9,11,18,21H,7-8,10,12-16H2,1-6H3/p+1/t18-,21-/m1/s1. The minimum Gasteiger partial charge on any atom is -0.342 e. The van der Waals surface area contributed by atoms with Crippen LogP contribution in [0.5, 0.6) is 0 Å². The molecule has 0 heterocycles. The summed E-state index contributed by atoms with van der Waals surface area (Å²) in [5.74, 6) is 1.53. The van der Waals surface area contributed by atoms with Crippen LogP contribution in [-0.4, -0.2) is 44.5 Å². The summed E-state index contributed by atoms with van der Waals surface area (Å²) in [6, 6.07) is 0. The third kappa shape index (κ3) is 8.14. The van der Waals surface area contributed by atoms with Crippen LogP contribution in [0, 0.1) is 11.8 Å². The number of nitrogens with zero attached hydrogens (tertiary/aromatic N) is 1. The van der Waals surface area contributed by atoms with Gasteiger partial charge < -0.3 is 9.80 Å². The van der Waals surface area contributed by atoms with E-state index < -0.39 is 0 Å². The van der Waals surface area contributed by atoms with E-state index in [1.54, 1.807) is 12.5 Å². The van der Waals surface area contributed by atoms with Gasteiger partial charge in [0.05, 0.1) is 20.6 Å². The zero-order chi connectivity index (χ0) is 18.1. The highest BCUT2D eigenvalue weighted by atomic mass is 16.2. The molecule has 1 rings (SSSR count). The molecular formula is C21H39N2O+. The Kier molecular flexibility index (Phi) is 9.35. The summed E-state index contributed by atoms with van der Waals surface area (Å²) in [6.07, 6.45) is 10.6. The van der Waals surface area contributed by atoms with E-state index >= 15 is 0 Å². The molecule has 0 radical (unpaired) electrons. The van der Waals surface area contributed by atoms with E-state index in [9.17, 15) is 4.79 Å². The molecule has 0 saturated heterocycles. The molecule has 24 heavy (non-hydrogen) atoms. The highest BCUT2D eigenvalue weighted by Crippen LogP contribution is 2.32. The van der Waals surface area contributed by atoms with E-state index in [0.29, 0.717) is 11.8 Å². The molecule has 0 fully saturated rings. The number of rotatable bonds is 9. The van der Waals surface area contributed by atoms with Gasteiger partial charge in [0.25, 0.3) is 0 Å². The lowest BCUT2D eigenvalue weighted by Crippen LogP contribution is -3.05. The van der Waals surface area contributed by atoms with E-state index in [-0.39, 0.29) is 5.91 Å². The van der Waals surface area contributed by atoms with Gasteiger partial charge in [0.15, 0.2) is 0 Å². The molecule has 1 aliphatic rings. The summed E-state index contributed by atoms with van der Waals surface area (Å²) in [5.41, 5.74) is 3.02. The number of quaternary nitrogens is 1. The lowest BCUT2D eigenvalue weighted by atomic mass is 9.79. The van der Waals surface area contributed by atoms with Crippen molar-refractivity contribution in [1.82, 2.24) is 4.90 Å². The highest BCUT2D eigenvalue weighted by molar-refractivity contribution is 5.73. The average molecular weight is 336 g/mol. The van der Waals surface area contributed by atoms with Crippen molar-refractivity contribution in [2.24, 2.45) is 11.8 Å². The third-order valence-corrected chi connectivity index (χ3v) is 5.12. The maximum atomic E-state index is 12.0. The summed E-state index contributed by atoms with van der Waals surface area (Å²) in [4.78, 5) is 15.5. The minimum atomic E-state index is 0.231. The molecule has 1 N–H and O–H groups in total. The molecule has 1 aliphatic carbocycles. The van der Waals surface area contributed by atoms with Gasteiger partial charge in [-0.3, -0.25) is 4.79 Å². The summed E-state index contributed by atoms with van der Waals surface area (Å²) < 4.78 is 0. The molecule has 2 atom stereocenters. The molecule has 0 unspecified atom stereocenters. The Morgan fingerprint density at radius 3 is 2.58 bits per heavy atom. The van der Waals surface area contributed by atoms with Crippen molar-refractivity contribution in [3.8, 4) is 0 Å². The van der Waals surface area contributed by atoms with Crippen molar-refractivity contribution in [3.63, 3.8) is 0 Å². The lowest BCUT2D eigenvalue weighted by Gasteiger charge is -2.33. The number of allylic oxidation sites excluding steroid dienone is 4. The van der Waals surface area contributed by atoms with Gasteiger partial charge in [-0.1, -0.05) is 30.2 Å². The van der Waals surface area contributed by atoms with Crippen molar-refractivity contribution in [2.45, 2.75) is 59.8 Å². The molecule has 0 saturated carbocycles. The molecule has 0 aromatic rings. The summed E-state index contributed by atoms with van der Waals surface area (Å²) in [7, 11) is 4.34. The Balaban J connectivity index is 2.50. The molecular weight excluding hydrogens is 296 g/mol. The first-order valence-corrected chi connectivity index (χ1v) is 9.65. The Hall–Kier alpha value is -1.09. The van der Waals surface area contributed by atoms with Crippen LogP contribution in [0.2, 0.25) is 0 Å². The summed E-state index contributed by atoms with van der Waals surface area (Å²) in [6.45, 7) is 11.4. The summed E-state index contributed by atoms with van der Waals surface area (Å²) >= 11 is 0. The van der Waals surface area contributed by atoms with Gasteiger partial charge >= 0.3 is 0 Å². The first kappa shape index (κ1) is 21.0. The second-order valence-corrected chi connectivity index (χ2v) is 8.14. The fourth-order valence-corrected chi connectivity index (χ4v) is 3.50. The van der Waals surface area contributed by atoms with Crippen LogP contribution in [0.15, 0.2) is 23.3 Å². The van der Waals surface area contributed by atoms with Gasteiger partial charge in [-0.05, 0) is 51.4 Å². The topological polar surface area (TPSA) is 24.8 Å². The first-order chi connectivity index (χ1) is 11.3. The molecule has 138 valence electrons. The fourth-order valence-electron chi connectivity index (χ4n) is 3.50. The van der Waals surface area contributed by atoms with Gasteiger partial charge in [-0.2, -0.15) is 0 Å². The number of hydrogen-bond donors (Lipinski definition) is 1. The second-order valence-electron chi connectivity index (χ2n) is 8.14. The van der Waals surface area contributed by atoms with E-state index in [0.717, 1.165) is 38.9 Å². The van der Waals surface area contributed by atoms with E-state index in [2.05, 4.69) is 51.9 Å². The van der Waals surface area contributed by atoms with Gasteiger partial charge in [-0.25, -0.2) is 0 Å². The van der Waals surface area contributed by atoms with Crippen LogP contribution in [0.25, 0.3) is 0 Å².